The summed E-state index contributed by atoms with van der Waals surface area (Å²) in [5, 5.41) is 3.05. The van der Waals surface area contributed by atoms with Gasteiger partial charge in [0.1, 0.15) is 5.82 Å². The maximum atomic E-state index is 13.5. The normalized spacial score (nSPS) is 19.5. The Kier molecular flexibility index (Phi) is 7.05. The van der Waals surface area contributed by atoms with E-state index in [2.05, 4.69) is 30.0 Å². The lowest BCUT2D eigenvalue weighted by molar-refractivity contribution is 0.174. The first-order chi connectivity index (χ1) is 15.8. The van der Waals surface area contributed by atoms with Gasteiger partial charge in [-0.2, -0.15) is 0 Å². The van der Waals surface area contributed by atoms with Gasteiger partial charge < -0.3 is 19.7 Å². The average molecular weight is 457 g/mol. The number of benzene rings is 2. The third-order valence-electron chi connectivity index (χ3n) is 6.46. The summed E-state index contributed by atoms with van der Waals surface area (Å²) in [5.41, 5.74) is 8.34. The lowest BCUT2D eigenvalue weighted by atomic mass is 9.84. The highest BCUT2D eigenvalue weighted by Crippen LogP contribution is 2.36. The lowest BCUT2D eigenvalue weighted by Gasteiger charge is -2.27. The van der Waals surface area contributed by atoms with Crippen LogP contribution in [0.1, 0.15) is 50.3 Å². The number of halogens is 1. The maximum absolute atomic E-state index is 13.5. The molecule has 2 aliphatic rings. The quantitative estimate of drug-likeness (QED) is 0.563. The van der Waals surface area contributed by atoms with E-state index in [0.29, 0.717) is 19.1 Å². The summed E-state index contributed by atoms with van der Waals surface area (Å²) in [5.74, 6) is 1.29. The molecular formula is C25H33FN4O3. The minimum atomic E-state index is -0.247. The largest absolute Gasteiger partial charge is 0.454 e. The number of ether oxygens (including phenoxy) is 2. The third-order valence-corrected chi connectivity index (χ3v) is 6.46. The molecule has 2 aromatic rings. The van der Waals surface area contributed by atoms with Crippen molar-refractivity contribution < 1.29 is 18.7 Å². The zero-order valence-electron chi connectivity index (χ0n) is 19.5. The van der Waals surface area contributed by atoms with Crippen LogP contribution in [-0.4, -0.2) is 43.9 Å². The van der Waals surface area contributed by atoms with Crippen molar-refractivity contribution in [2.75, 3.05) is 26.9 Å². The summed E-state index contributed by atoms with van der Waals surface area (Å²) in [6, 6.07) is 12.9. The Morgan fingerprint density at radius 1 is 1.18 bits per heavy atom. The molecule has 33 heavy (non-hydrogen) atoms. The molecule has 7 nitrogen and oxygen atoms in total. The number of nitrogens with zero attached hydrogens (tertiary/aromatic N) is 1. The number of rotatable bonds is 8. The van der Waals surface area contributed by atoms with Gasteiger partial charge in [-0.05, 0) is 54.7 Å². The Bertz CT molecular complexity index is 984. The number of hydrazine groups is 1. The van der Waals surface area contributed by atoms with Crippen molar-refractivity contribution in [3.63, 3.8) is 0 Å². The third kappa shape index (κ3) is 5.75. The standard InChI is InChI=1S/C25H33FN4O3/c1-25(2,18-9-10-22-23(13-18)33-16-32-22)15-27-24(31)30(3)11-5-8-20-14-21(29-28-20)17-6-4-7-19(26)12-17/h4,6-7,9-10,12-13,20-21,28-29H,5,8,11,14-16H2,1-3H3,(H,27,31). The summed E-state index contributed by atoms with van der Waals surface area (Å²) in [6.45, 7) is 5.62. The molecule has 0 spiro atoms. The van der Waals surface area contributed by atoms with E-state index in [1.807, 2.05) is 31.3 Å². The highest BCUT2D eigenvalue weighted by molar-refractivity contribution is 5.74. The van der Waals surface area contributed by atoms with Gasteiger partial charge in [-0.15, -0.1) is 0 Å². The fourth-order valence-corrected chi connectivity index (χ4v) is 4.28. The Balaban J connectivity index is 1.18. The van der Waals surface area contributed by atoms with Crippen LogP contribution in [0, 0.1) is 5.82 Å². The van der Waals surface area contributed by atoms with Crippen molar-refractivity contribution in [3.8, 4) is 11.5 Å². The smallest absolute Gasteiger partial charge is 0.317 e. The molecule has 2 aromatic carbocycles. The Hall–Kier alpha value is -2.84. The summed E-state index contributed by atoms with van der Waals surface area (Å²) >= 11 is 0. The van der Waals surface area contributed by atoms with Gasteiger partial charge in [0.2, 0.25) is 6.79 Å². The Labute approximate surface area is 194 Å². The van der Waals surface area contributed by atoms with E-state index in [0.717, 1.165) is 41.9 Å². The average Bonchev–Trinajstić information content (AvgIpc) is 3.46. The molecule has 0 radical (unpaired) electrons. The number of hydrogen-bond donors (Lipinski definition) is 3. The minimum absolute atomic E-state index is 0.0843. The summed E-state index contributed by atoms with van der Waals surface area (Å²) < 4.78 is 24.3. The molecule has 2 atom stereocenters. The van der Waals surface area contributed by atoms with Crippen LogP contribution >= 0.6 is 0 Å². The highest BCUT2D eigenvalue weighted by atomic mass is 19.1. The van der Waals surface area contributed by atoms with Gasteiger partial charge in [0, 0.05) is 37.6 Å². The number of carbonyl (C=O) groups is 1. The molecule has 2 aliphatic heterocycles. The summed E-state index contributed by atoms with van der Waals surface area (Å²) in [6.07, 6.45) is 2.70. The van der Waals surface area contributed by atoms with Gasteiger partial charge in [0.05, 0.1) is 0 Å². The van der Waals surface area contributed by atoms with Crippen LogP contribution in [0.4, 0.5) is 9.18 Å². The molecule has 0 aromatic heterocycles. The molecule has 2 unspecified atom stereocenters. The molecule has 2 amide bonds. The van der Waals surface area contributed by atoms with Crippen molar-refractivity contribution in [3.05, 3.63) is 59.4 Å². The number of carbonyl (C=O) groups excluding carboxylic acids is 1. The van der Waals surface area contributed by atoms with E-state index >= 15 is 0 Å². The molecule has 3 N–H and O–H groups in total. The number of amides is 2. The summed E-state index contributed by atoms with van der Waals surface area (Å²) in [7, 11) is 1.82. The second kappa shape index (κ2) is 9.97. The molecule has 4 rings (SSSR count). The van der Waals surface area contributed by atoms with Gasteiger partial charge in [-0.25, -0.2) is 9.18 Å². The van der Waals surface area contributed by atoms with E-state index in [9.17, 15) is 9.18 Å². The molecular weight excluding hydrogens is 423 g/mol. The highest BCUT2D eigenvalue weighted by Gasteiger charge is 2.26. The van der Waals surface area contributed by atoms with E-state index < -0.39 is 0 Å². The van der Waals surface area contributed by atoms with Crippen LogP contribution in [0.15, 0.2) is 42.5 Å². The van der Waals surface area contributed by atoms with E-state index in [1.54, 1.807) is 17.0 Å². The van der Waals surface area contributed by atoms with Gasteiger partial charge in [0.15, 0.2) is 11.5 Å². The van der Waals surface area contributed by atoms with Gasteiger partial charge in [-0.1, -0.05) is 32.0 Å². The molecule has 1 fully saturated rings. The second-order valence-corrected chi connectivity index (χ2v) is 9.50. The summed E-state index contributed by atoms with van der Waals surface area (Å²) in [4.78, 5) is 14.3. The van der Waals surface area contributed by atoms with Crippen LogP contribution < -0.4 is 25.6 Å². The Morgan fingerprint density at radius 3 is 2.82 bits per heavy atom. The second-order valence-electron chi connectivity index (χ2n) is 9.50. The lowest BCUT2D eigenvalue weighted by Crippen LogP contribution is -2.43. The predicted octanol–water partition coefficient (Wildman–Crippen LogP) is 3.86. The molecule has 2 heterocycles. The molecule has 8 heteroatoms. The molecule has 0 saturated carbocycles. The number of fused-ring (bicyclic) bond motifs is 1. The Morgan fingerprint density at radius 2 is 2.00 bits per heavy atom. The zero-order chi connectivity index (χ0) is 23.4. The fraction of sp³-hybridized carbons (Fsp3) is 0.480. The maximum Gasteiger partial charge on any atom is 0.317 e. The minimum Gasteiger partial charge on any atom is -0.454 e. The molecule has 1 saturated heterocycles. The first kappa shape index (κ1) is 23.3. The first-order valence-electron chi connectivity index (χ1n) is 11.5. The first-order valence-corrected chi connectivity index (χ1v) is 11.5. The van der Waals surface area contributed by atoms with Crippen molar-refractivity contribution in [1.29, 1.82) is 0 Å². The van der Waals surface area contributed by atoms with Gasteiger partial charge in [-0.3, -0.25) is 10.9 Å². The topological polar surface area (TPSA) is 74.9 Å². The van der Waals surface area contributed by atoms with Crippen molar-refractivity contribution in [2.24, 2.45) is 0 Å². The SMILES string of the molecule is CN(CCCC1CC(c2cccc(F)c2)NN1)C(=O)NCC(C)(C)c1ccc2c(c1)OCO2. The van der Waals surface area contributed by atoms with Crippen LogP contribution in [0.3, 0.4) is 0 Å². The zero-order valence-corrected chi connectivity index (χ0v) is 19.5. The predicted molar refractivity (Wildman–Crippen MR) is 125 cm³/mol. The van der Waals surface area contributed by atoms with Crippen LogP contribution in [-0.2, 0) is 5.41 Å². The van der Waals surface area contributed by atoms with Crippen LogP contribution in [0.5, 0.6) is 11.5 Å². The van der Waals surface area contributed by atoms with Crippen LogP contribution in [0.25, 0.3) is 0 Å². The monoisotopic (exact) mass is 456 g/mol. The molecule has 0 aliphatic carbocycles. The van der Waals surface area contributed by atoms with Crippen molar-refractivity contribution in [1.82, 2.24) is 21.1 Å². The molecule has 178 valence electrons. The van der Waals surface area contributed by atoms with Gasteiger partial charge >= 0.3 is 6.03 Å². The molecule has 0 bridgehead atoms. The van der Waals surface area contributed by atoms with Crippen LogP contribution in [0.2, 0.25) is 0 Å². The van der Waals surface area contributed by atoms with E-state index in [-0.39, 0.29) is 30.1 Å². The van der Waals surface area contributed by atoms with Crippen molar-refractivity contribution >= 4 is 6.03 Å². The number of hydrogen-bond acceptors (Lipinski definition) is 5. The van der Waals surface area contributed by atoms with Gasteiger partial charge in [0.25, 0.3) is 0 Å². The van der Waals surface area contributed by atoms with E-state index in [4.69, 9.17) is 9.47 Å². The van der Waals surface area contributed by atoms with E-state index in [1.165, 1.54) is 6.07 Å². The number of urea groups is 1. The number of nitrogens with one attached hydrogen (secondary N) is 3. The van der Waals surface area contributed by atoms with Crippen molar-refractivity contribution in [2.45, 2.75) is 50.6 Å². The fourth-order valence-electron chi connectivity index (χ4n) is 4.28.